The van der Waals surface area contributed by atoms with Gasteiger partial charge < -0.3 is 5.11 Å². The number of aliphatic hydroxyl groups excluding tert-OH is 1. The van der Waals surface area contributed by atoms with Crippen molar-refractivity contribution >= 4 is 23.2 Å². The summed E-state index contributed by atoms with van der Waals surface area (Å²) >= 11 is 12.0. The smallest absolute Gasteiger partial charge is 0.122 e. The Morgan fingerprint density at radius 1 is 1.35 bits per heavy atom. The van der Waals surface area contributed by atoms with Crippen LogP contribution in [-0.4, -0.2) is 14.9 Å². The van der Waals surface area contributed by atoms with Crippen molar-refractivity contribution in [1.82, 2.24) is 9.78 Å². The highest BCUT2D eigenvalue weighted by Crippen LogP contribution is 2.31. The topological polar surface area (TPSA) is 38.0 Å². The molecule has 2 aromatic rings. The molecule has 0 fully saturated rings. The quantitative estimate of drug-likeness (QED) is 0.911. The molecule has 0 saturated carbocycles. The summed E-state index contributed by atoms with van der Waals surface area (Å²) in [5.74, 6) is 0. The standard InChI is InChI=1S/C12H12Cl2N2O/c1-7-6-15-16(2)11(7)12(17)9-5-8(13)3-4-10(9)14/h3-6,12,17H,1-2H3. The third-order valence-corrected chi connectivity index (χ3v) is 3.27. The first-order chi connectivity index (χ1) is 8.00. The first kappa shape index (κ1) is 12.4. The number of hydrogen-bond acceptors (Lipinski definition) is 2. The van der Waals surface area contributed by atoms with Gasteiger partial charge in [-0.25, -0.2) is 0 Å². The molecular formula is C12H12Cl2N2O. The molecule has 0 aliphatic rings. The van der Waals surface area contributed by atoms with Gasteiger partial charge in [0.05, 0.1) is 11.9 Å². The zero-order chi connectivity index (χ0) is 12.6. The number of halogens is 2. The minimum atomic E-state index is -0.825. The lowest BCUT2D eigenvalue weighted by atomic mass is 10.0. The number of hydrogen-bond donors (Lipinski definition) is 1. The van der Waals surface area contributed by atoms with E-state index in [-0.39, 0.29) is 0 Å². The summed E-state index contributed by atoms with van der Waals surface area (Å²) in [5.41, 5.74) is 2.22. The molecule has 90 valence electrons. The van der Waals surface area contributed by atoms with Gasteiger partial charge in [0.25, 0.3) is 0 Å². The van der Waals surface area contributed by atoms with Crippen molar-refractivity contribution in [3.8, 4) is 0 Å². The van der Waals surface area contributed by atoms with E-state index in [4.69, 9.17) is 23.2 Å². The summed E-state index contributed by atoms with van der Waals surface area (Å²) in [6, 6.07) is 5.03. The van der Waals surface area contributed by atoms with E-state index in [0.29, 0.717) is 21.3 Å². The van der Waals surface area contributed by atoms with Gasteiger partial charge in [-0.15, -0.1) is 0 Å². The van der Waals surface area contributed by atoms with E-state index in [2.05, 4.69) is 5.10 Å². The Morgan fingerprint density at radius 3 is 2.65 bits per heavy atom. The molecule has 0 saturated heterocycles. The fourth-order valence-corrected chi connectivity index (χ4v) is 2.22. The van der Waals surface area contributed by atoms with Gasteiger partial charge >= 0.3 is 0 Å². The highest BCUT2D eigenvalue weighted by molar-refractivity contribution is 6.33. The predicted molar refractivity (Wildman–Crippen MR) is 68.5 cm³/mol. The van der Waals surface area contributed by atoms with Crippen LogP contribution in [0, 0.1) is 6.92 Å². The zero-order valence-electron chi connectivity index (χ0n) is 9.48. The summed E-state index contributed by atoms with van der Waals surface area (Å²) in [7, 11) is 1.78. The van der Waals surface area contributed by atoms with Crippen molar-refractivity contribution in [3.63, 3.8) is 0 Å². The second kappa shape index (κ2) is 4.69. The monoisotopic (exact) mass is 270 g/mol. The molecule has 1 heterocycles. The molecule has 5 heteroatoms. The lowest BCUT2D eigenvalue weighted by Crippen LogP contribution is -2.08. The second-order valence-corrected chi connectivity index (χ2v) is 4.75. The fourth-order valence-electron chi connectivity index (χ4n) is 1.82. The van der Waals surface area contributed by atoms with E-state index >= 15 is 0 Å². The maximum absolute atomic E-state index is 10.3. The van der Waals surface area contributed by atoms with Crippen LogP contribution >= 0.6 is 23.2 Å². The average molecular weight is 271 g/mol. The predicted octanol–water partition coefficient (Wildman–Crippen LogP) is 3.12. The van der Waals surface area contributed by atoms with Crippen LogP contribution < -0.4 is 0 Å². The normalized spacial score (nSPS) is 12.8. The van der Waals surface area contributed by atoms with Gasteiger partial charge in [0.15, 0.2) is 0 Å². The van der Waals surface area contributed by atoms with Crippen LogP contribution in [0.1, 0.15) is 22.9 Å². The summed E-state index contributed by atoms with van der Waals surface area (Å²) in [6.07, 6.45) is 0.880. The van der Waals surface area contributed by atoms with Crippen LogP contribution in [0.4, 0.5) is 0 Å². The maximum Gasteiger partial charge on any atom is 0.122 e. The third-order valence-electron chi connectivity index (χ3n) is 2.69. The Hall–Kier alpha value is -1.03. The first-order valence-electron chi connectivity index (χ1n) is 5.12. The molecule has 1 atom stereocenters. The minimum Gasteiger partial charge on any atom is -0.382 e. The van der Waals surface area contributed by atoms with Crippen molar-refractivity contribution in [2.45, 2.75) is 13.0 Å². The Morgan fingerprint density at radius 2 is 2.06 bits per heavy atom. The molecule has 0 radical (unpaired) electrons. The van der Waals surface area contributed by atoms with Crippen LogP contribution in [0.2, 0.25) is 10.0 Å². The number of aromatic nitrogens is 2. The summed E-state index contributed by atoms with van der Waals surface area (Å²) in [4.78, 5) is 0. The highest BCUT2D eigenvalue weighted by Gasteiger charge is 2.19. The molecule has 3 nitrogen and oxygen atoms in total. The molecule has 0 aliphatic carbocycles. The minimum absolute atomic E-state index is 0.488. The van der Waals surface area contributed by atoms with Crippen molar-refractivity contribution in [2.24, 2.45) is 7.05 Å². The zero-order valence-corrected chi connectivity index (χ0v) is 11.0. The van der Waals surface area contributed by atoms with Gasteiger partial charge in [-0.3, -0.25) is 4.68 Å². The summed E-state index contributed by atoms with van der Waals surface area (Å²) in [6.45, 7) is 1.89. The Bertz CT molecular complexity index is 532. The summed E-state index contributed by atoms with van der Waals surface area (Å²) < 4.78 is 1.64. The Kier molecular flexibility index (Phi) is 3.43. The van der Waals surface area contributed by atoms with Gasteiger partial charge in [0, 0.05) is 22.7 Å². The summed E-state index contributed by atoms with van der Waals surface area (Å²) in [5, 5.41) is 15.5. The number of nitrogens with zero attached hydrogens (tertiary/aromatic N) is 2. The van der Waals surface area contributed by atoms with Crippen LogP contribution in [0.5, 0.6) is 0 Å². The molecule has 0 spiro atoms. The van der Waals surface area contributed by atoms with E-state index in [1.54, 1.807) is 36.1 Å². The van der Waals surface area contributed by atoms with Gasteiger partial charge in [0.1, 0.15) is 6.10 Å². The number of aryl methyl sites for hydroxylation is 2. The van der Waals surface area contributed by atoms with Crippen LogP contribution in [0.15, 0.2) is 24.4 Å². The van der Waals surface area contributed by atoms with Crippen LogP contribution in [-0.2, 0) is 7.05 Å². The van der Waals surface area contributed by atoms with Gasteiger partial charge in [-0.2, -0.15) is 5.10 Å². The van der Waals surface area contributed by atoms with Gasteiger partial charge in [-0.05, 0) is 30.7 Å². The molecule has 0 bridgehead atoms. The fraction of sp³-hybridized carbons (Fsp3) is 0.250. The average Bonchev–Trinajstić information content (AvgIpc) is 2.61. The first-order valence-corrected chi connectivity index (χ1v) is 5.88. The Labute approximate surface area is 110 Å². The van der Waals surface area contributed by atoms with E-state index in [9.17, 15) is 5.11 Å². The van der Waals surface area contributed by atoms with Crippen molar-refractivity contribution in [1.29, 1.82) is 0 Å². The molecule has 0 aliphatic heterocycles. The number of aliphatic hydroxyl groups is 1. The number of rotatable bonds is 2. The molecule has 1 unspecified atom stereocenters. The lowest BCUT2D eigenvalue weighted by molar-refractivity contribution is 0.209. The van der Waals surface area contributed by atoms with Gasteiger partial charge in [-0.1, -0.05) is 23.2 Å². The van der Waals surface area contributed by atoms with Crippen molar-refractivity contribution in [2.75, 3.05) is 0 Å². The van der Waals surface area contributed by atoms with Gasteiger partial charge in [0.2, 0.25) is 0 Å². The van der Waals surface area contributed by atoms with E-state index in [1.807, 2.05) is 6.92 Å². The SMILES string of the molecule is Cc1cnn(C)c1C(O)c1cc(Cl)ccc1Cl. The largest absolute Gasteiger partial charge is 0.382 e. The molecule has 0 amide bonds. The second-order valence-electron chi connectivity index (χ2n) is 3.90. The number of benzene rings is 1. The molecular weight excluding hydrogens is 259 g/mol. The Balaban J connectivity index is 2.50. The maximum atomic E-state index is 10.3. The molecule has 17 heavy (non-hydrogen) atoms. The third kappa shape index (κ3) is 2.32. The van der Waals surface area contributed by atoms with Crippen molar-refractivity contribution < 1.29 is 5.11 Å². The molecule has 1 N–H and O–H groups in total. The van der Waals surface area contributed by atoms with Crippen molar-refractivity contribution in [3.05, 3.63) is 51.3 Å². The highest BCUT2D eigenvalue weighted by atomic mass is 35.5. The molecule has 1 aromatic carbocycles. The van der Waals surface area contributed by atoms with E-state index in [0.717, 1.165) is 5.56 Å². The van der Waals surface area contributed by atoms with Crippen LogP contribution in [0.25, 0.3) is 0 Å². The molecule has 1 aromatic heterocycles. The lowest BCUT2D eigenvalue weighted by Gasteiger charge is -2.14. The molecule has 2 rings (SSSR count). The van der Waals surface area contributed by atoms with E-state index in [1.165, 1.54) is 0 Å². The van der Waals surface area contributed by atoms with E-state index < -0.39 is 6.10 Å². The van der Waals surface area contributed by atoms with Crippen LogP contribution in [0.3, 0.4) is 0 Å².